The highest BCUT2D eigenvalue weighted by molar-refractivity contribution is 14.1. The zero-order chi connectivity index (χ0) is 15.4. The molecule has 0 atom stereocenters. The smallest absolute Gasteiger partial charge is 0.267 e. The summed E-state index contributed by atoms with van der Waals surface area (Å²) < 4.78 is 0.901. The molecule has 0 heterocycles. The van der Waals surface area contributed by atoms with Crippen LogP contribution in [-0.2, 0) is 0 Å². The van der Waals surface area contributed by atoms with E-state index < -0.39 is 0 Å². The number of hydrogen-bond acceptors (Lipinski definition) is 2. The van der Waals surface area contributed by atoms with Gasteiger partial charge in [0.05, 0.1) is 11.8 Å². The monoisotopic (exact) mass is 400 g/mol. The molecular formula is C18H13IN2O. The van der Waals surface area contributed by atoms with Crippen molar-refractivity contribution in [3.05, 3.63) is 81.4 Å². The Morgan fingerprint density at radius 1 is 0.955 bits per heavy atom. The first-order valence-electron chi connectivity index (χ1n) is 6.81. The van der Waals surface area contributed by atoms with Gasteiger partial charge in [-0.25, -0.2) is 5.43 Å². The first kappa shape index (κ1) is 14.7. The van der Waals surface area contributed by atoms with Gasteiger partial charge in [0.1, 0.15) is 0 Å². The van der Waals surface area contributed by atoms with Crippen molar-refractivity contribution in [1.29, 1.82) is 0 Å². The van der Waals surface area contributed by atoms with Crippen LogP contribution in [0.4, 0.5) is 0 Å². The number of benzene rings is 3. The first-order valence-corrected chi connectivity index (χ1v) is 7.89. The summed E-state index contributed by atoms with van der Waals surface area (Å²) in [6, 6.07) is 21.6. The van der Waals surface area contributed by atoms with E-state index in [1.165, 1.54) is 5.39 Å². The van der Waals surface area contributed by atoms with Gasteiger partial charge >= 0.3 is 0 Å². The van der Waals surface area contributed by atoms with Gasteiger partial charge in [0.2, 0.25) is 0 Å². The highest BCUT2D eigenvalue weighted by Crippen LogP contribution is 2.14. The summed E-state index contributed by atoms with van der Waals surface area (Å²) in [6.45, 7) is 0. The lowest BCUT2D eigenvalue weighted by atomic mass is 10.1. The zero-order valence-corrected chi connectivity index (χ0v) is 13.8. The molecule has 0 unspecified atom stereocenters. The summed E-state index contributed by atoms with van der Waals surface area (Å²) in [6.07, 6.45) is 1.65. The molecule has 3 aromatic carbocycles. The van der Waals surface area contributed by atoms with E-state index in [2.05, 4.69) is 45.3 Å². The third kappa shape index (κ3) is 3.33. The van der Waals surface area contributed by atoms with Crippen molar-refractivity contribution in [1.82, 2.24) is 5.43 Å². The summed E-state index contributed by atoms with van der Waals surface area (Å²) in [5, 5.41) is 6.37. The highest BCUT2D eigenvalue weighted by atomic mass is 127. The van der Waals surface area contributed by atoms with E-state index in [-0.39, 0.29) is 5.91 Å². The Bertz CT molecular complexity index is 858. The third-order valence-corrected chi connectivity index (χ3v) is 4.21. The third-order valence-electron chi connectivity index (χ3n) is 3.27. The molecule has 22 heavy (non-hydrogen) atoms. The Morgan fingerprint density at radius 2 is 1.68 bits per heavy atom. The van der Waals surface area contributed by atoms with Crippen molar-refractivity contribution in [2.75, 3.05) is 0 Å². The first-order chi connectivity index (χ1) is 10.7. The number of hydrazone groups is 1. The number of rotatable bonds is 3. The lowest BCUT2D eigenvalue weighted by molar-refractivity contribution is 0.0954. The van der Waals surface area contributed by atoms with Gasteiger partial charge in [0.25, 0.3) is 5.91 Å². The fourth-order valence-electron chi connectivity index (χ4n) is 2.16. The minimum Gasteiger partial charge on any atom is -0.267 e. The predicted molar refractivity (Wildman–Crippen MR) is 98.2 cm³/mol. The fourth-order valence-corrected chi connectivity index (χ4v) is 2.79. The van der Waals surface area contributed by atoms with Crippen molar-refractivity contribution < 1.29 is 4.79 Å². The average molecular weight is 400 g/mol. The molecule has 0 saturated carbocycles. The SMILES string of the molecule is O=C(N/N=C/c1ccc2ccccc2c1)c1ccccc1I. The standard InChI is InChI=1S/C18H13IN2O/c19-17-8-4-3-7-16(17)18(22)21-20-12-13-9-10-14-5-1-2-6-15(14)11-13/h1-12H,(H,21,22)/b20-12+. The average Bonchev–Trinajstić information content (AvgIpc) is 2.55. The number of hydrogen-bond donors (Lipinski definition) is 1. The van der Waals surface area contributed by atoms with Gasteiger partial charge in [0.15, 0.2) is 0 Å². The number of nitrogens with zero attached hydrogens (tertiary/aromatic N) is 1. The molecule has 4 heteroatoms. The van der Waals surface area contributed by atoms with Crippen LogP contribution in [0.15, 0.2) is 71.8 Å². The Balaban J connectivity index is 1.73. The molecule has 0 aliphatic carbocycles. The van der Waals surface area contributed by atoms with Crippen LogP contribution in [0.5, 0.6) is 0 Å². The molecule has 1 amide bonds. The Labute approximate surface area is 142 Å². The van der Waals surface area contributed by atoms with Crippen molar-refractivity contribution in [3.63, 3.8) is 0 Å². The normalized spacial score (nSPS) is 11.0. The molecule has 3 nitrogen and oxygen atoms in total. The largest absolute Gasteiger partial charge is 0.272 e. The van der Waals surface area contributed by atoms with Gasteiger partial charge < -0.3 is 0 Å². The zero-order valence-electron chi connectivity index (χ0n) is 11.7. The fraction of sp³-hybridized carbons (Fsp3) is 0. The van der Waals surface area contributed by atoms with Crippen LogP contribution in [-0.4, -0.2) is 12.1 Å². The summed E-state index contributed by atoms with van der Waals surface area (Å²) in [5.41, 5.74) is 4.13. The minimum atomic E-state index is -0.206. The summed E-state index contributed by atoms with van der Waals surface area (Å²) in [4.78, 5) is 12.0. The van der Waals surface area contributed by atoms with Gasteiger partial charge in [-0.15, -0.1) is 0 Å². The second-order valence-corrected chi connectivity index (χ2v) is 5.95. The molecule has 3 aromatic rings. The number of amides is 1. The van der Waals surface area contributed by atoms with Crippen LogP contribution in [0, 0.1) is 3.57 Å². The van der Waals surface area contributed by atoms with E-state index >= 15 is 0 Å². The minimum absolute atomic E-state index is 0.206. The van der Waals surface area contributed by atoms with E-state index in [0.717, 1.165) is 14.5 Å². The van der Waals surface area contributed by atoms with E-state index in [0.29, 0.717) is 5.56 Å². The molecule has 0 aliphatic heterocycles. The summed E-state index contributed by atoms with van der Waals surface area (Å²) in [5.74, 6) is -0.206. The van der Waals surface area contributed by atoms with Crippen molar-refractivity contribution in [3.8, 4) is 0 Å². The lowest BCUT2D eigenvalue weighted by Gasteiger charge is -2.02. The van der Waals surface area contributed by atoms with E-state index in [1.54, 1.807) is 12.3 Å². The molecule has 0 aliphatic rings. The topological polar surface area (TPSA) is 41.5 Å². The van der Waals surface area contributed by atoms with Gasteiger partial charge in [-0.1, -0.05) is 48.5 Å². The van der Waals surface area contributed by atoms with E-state index in [1.807, 2.05) is 48.5 Å². The number of carbonyl (C=O) groups is 1. The van der Waals surface area contributed by atoms with Crippen LogP contribution in [0.2, 0.25) is 0 Å². The Hall–Kier alpha value is -2.21. The van der Waals surface area contributed by atoms with Crippen molar-refractivity contribution in [2.45, 2.75) is 0 Å². The summed E-state index contributed by atoms with van der Waals surface area (Å²) >= 11 is 2.14. The van der Waals surface area contributed by atoms with Crippen molar-refractivity contribution in [2.24, 2.45) is 5.10 Å². The molecular weight excluding hydrogens is 387 g/mol. The van der Waals surface area contributed by atoms with E-state index in [9.17, 15) is 4.79 Å². The van der Waals surface area contributed by atoms with Crippen LogP contribution in [0.1, 0.15) is 15.9 Å². The van der Waals surface area contributed by atoms with E-state index in [4.69, 9.17) is 0 Å². The maximum absolute atomic E-state index is 12.0. The molecule has 108 valence electrons. The van der Waals surface area contributed by atoms with Gasteiger partial charge in [0, 0.05) is 3.57 Å². The Morgan fingerprint density at radius 3 is 2.50 bits per heavy atom. The van der Waals surface area contributed by atoms with Crippen molar-refractivity contribution >= 4 is 45.5 Å². The second kappa shape index (κ2) is 6.70. The number of carbonyl (C=O) groups excluding carboxylic acids is 1. The molecule has 0 aromatic heterocycles. The van der Waals surface area contributed by atoms with Crippen LogP contribution < -0.4 is 5.43 Å². The molecule has 0 radical (unpaired) electrons. The number of nitrogens with one attached hydrogen (secondary N) is 1. The quantitative estimate of drug-likeness (QED) is 0.400. The number of fused-ring (bicyclic) bond motifs is 1. The van der Waals surface area contributed by atoms with Crippen LogP contribution >= 0.6 is 22.6 Å². The number of halogens is 1. The predicted octanol–water partition coefficient (Wildman–Crippen LogP) is 4.21. The molecule has 0 spiro atoms. The molecule has 0 saturated heterocycles. The maximum Gasteiger partial charge on any atom is 0.272 e. The lowest BCUT2D eigenvalue weighted by Crippen LogP contribution is -2.18. The van der Waals surface area contributed by atoms with Gasteiger partial charge in [-0.2, -0.15) is 5.10 Å². The molecule has 0 fully saturated rings. The molecule has 0 bridgehead atoms. The van der Waals surface area contributed by atoms with Gasteiger partial charge in [-0.05, 0) is 57.1 Å². The molecule has 3 rings (SSSR count). The second-order valence-electron chi connectivity index (χ2n) is 4.79. The van der Waals surface area contributed by atoms with Crippen LogP contribution in [0.25, 0.3) is 10.8 Å². The highest BCUT2D eigenvalue weighted by Gasteiger charge is 2.07. The van der Waals surface area contributed by atoms with Crippen LogP contribution in [0.3, 0.4) is 0 Å². The van der Waals surface area contributed by atoms with Gasteiger partial charge in [-0.3, -0.25) is 4.79 Å². The Kier molecular flexibility index (Phi) is 4.48. The summed E-state index contributed by atoms with van der Waals surface area (Å²) in [7, 11) is 0. The maximum atomic E-state index is 12.0. The molecule has 1 N–H and O–H groups in total.